The first-order chi connectivity index (χ1) is 9.69. The summed E-state index contributed by atoms with van der Waals surface area (Å²) < 4.78 is 7.96. The molecule has 0 atom stereocenters. The molecule has 0 unspecified atom stereocenters. The van der Waals surface area contributed by atoms with Gasteiger partial charge in [-0.3, -0.25) is 0 Å². The highest BCUT2D eigenvalue weighted by atomic mass is 127. The molecule has 3 rings (SSSR count). The number of nitrogens with zero attached hydrogens (tertiary/aromatic N) is 3. The molecule has 0 radical (unpaired) electrons. The van der Waals surface area contributed by atoms with E-state index in [1.807, 2.05) is 28.9 Å². The van der Waals surface area contributed by atoms with Crippen molar-refractivity contribution in [3.8, 4) is 5.75 Å². The molecule has 6 heteroatoms. The van der Waals surface area contributed by atoms with Gasteiger partial charge in [0, 0.05) is 11.2 Å². The van der Waals surface area contributed by atoms with Crippen molar-refractivity contribution in [3.63, 3.8) is 0 Å². The molecular formula is C14H11ClIN3O. The van der Waals surface area contributed by atoms with Crippen molar-refractivity contribution >= 4 is 45.2 Å². The third-order valence-corrected chi connectivity index (χ3v) is 4.19. The van der Waals surface area contributed by atoms with Crippen LogP contribution in [-0.2, 0) is 6.54 Å². The van der Waals surface area contributed by atoms with Gasteiger partial charge in [-0.2, -0.15) is 5.10 Å². The van der Waals surface area contributed by atoms with E-state index in [1.54, 1.807) is 19.4 Å². The first-order valence-corrected chi connectivity index (χ1v) is 7.44. The van der Waals surface area contributed by atoms with E-state index in [0.717, 1.165) is 26.0 Å². The molecule has 0 saturated carbocycles. The Morgan fingerprint density at radius 2 is 2.20 bits per heavy atom. The highest BCUT2D eigenvalue weighted by Gasteiger charge is 2.11. The molecule has 102 valence electrons. The van der Waals surface area contributed by atoms with Gasteiger partial charge in [0.25, 0.3) is 0 Å². The van der Waals surface area contributed by atoms with Crippen molar-refractivity contribution in [1.29, 1.82) is 0 Å². The van der Waals surface area contributed by atoms with Crippen molar-refractivity contribution in [1.82, 2.24) is 14.8 Å². The lowest BCUT2D eigenvalue weighted by molar-refractivity contribution is 0.414. The van der Waals surface area contributed by atoms with E-state index in [-0.39, 0.29) is 0 Å². The summed E-state index contributed by atoms with van der Waals surface area (Å²) in [7, 11) is 1.62. The highest BCUT2D eigenvalue weighted by molar-refractivity contribution is 14.1. The molecule has 0 saturated heterocycles. The first-order valence-electron chi connectivity index (χ1n) is 5.98. The smallest absolute Gasteiger partial charge is 0.159 e. The summed E-state index contributed by atoms with van der Waals surface area (Å²) in [6.45, 7) is 0.583. The number of methoxy groups -OCH3 is 1. The van der Waals surface area contributed by atoms with Crippen molar-refractivity contribution < 1.29 is 4.74 Å². The number of aromatic nitrogens is 3. The summed E-state index contributed by atoms with van der Waals surface area (Å²) in [6.07, 6.45) is 1.77. The van der Waals surface area contributed by atoms with Gasteiger partial charge in [0.05, 0.1) is 19.0 Å². The van der Waals surface area contributed by atoms with Crippen LogP contribution in [0.3, 0.4) is 0 Å². The molecule has 0 aliphatic rings. The van der Waals surface area contributed by atoms with Gasteiger partial charge in [-0.15, -0.1) is 0 Å². The van der Waals surface area contributed by atoms with Crippen LogP contribution in [0, 0.1) is 3.70 Å². The van der Waals surface area contributed by atoms with Crippen LogP contribution in [0.1, 0.15) is 5.56 Å². The molecule has 0 N–H and O–H groups in total. The summed E-state index contributed by atoms with van der Waals surface area (Å²) in [5, 5.41) is 6.24. The second kappa shape index (κ2) is 5.57. The number of fused-ring (bicyclic) bond motifs is 1. The zero-order valence-electron chi connectivity index (χ0n) is 10.7. The minimum absolute atomic E-state index is 0.583. The quantitative estimate of drug-likeness (QED) is 0.630. The lowest BCUT2D eigenvalue weighted by Gasteiger charge is -2.07. The normalized spacial score (nSPS) is 10.9. The summed E-state index contributed by atoms with van der Waals surface area (Å²) in [5.74, 6) is 0.747. The topological polar surface area (TPSA) is 39.9 Å². The number of hydrogen-bond acceptors (Lipinski definition) is 3. The van der Waals surface area contributed by atoms with Crippen LogP contribution in [0.2, 0.25) is 5.02 Å². The third kappa shape index (κ3) is 2.47. The minimum atomic E-state index is 0.583. The maximum Gasteiger partial charge on any atom is 0.159 e. The molecule has 3 aromatic rings. The van der Waals surface area contributed by atoms with Crippen LogP contribution < -0.4 is 4.74 Å². The maximum absolute atomic E-state index is 6.27. The van der Waals surface area contributed by atoms with Gasteiger partial charge in [-0.1, -0.05) is 17.7 Å². The molecule has 4 nitrogen and oxygen atoms in total. The fraction of sp³-hybridized carbons (Fsp3) is 0.143. The standard InChI is InChI=1S/C14H11ClIN3O/c1-20-10-5-4-9(12(15)7-10)8-19-14-11(13(16)18-19)3-2-6-17-14/h2-7H,8H2,1H3. The number of ether oxygens (including phenoxy) is 1. The van der Waals surface area contributed by atoms with Gasteiger partial charge in [-0.25, -0.2) is 9.67 Å². The zero-order chi connectivity index (χ0) is 14.1. The Balaban J connectivity index is 2.01. The Morgan fingerprint density at radius 1 is 1.35 bits per heavy atom. The van der Waals surface area contributed by atoms with Gasteiger partial charge in [0.15, 0.2) is 5.65 Å². The Morgan fingerprint density at radius 3 is 2.95 bits per heavy atom. The van der Waals surface area contributed by atoms with E-state index < -0.39 is 0 Å². The Bertz CT molecular complexity index is 772. The van der Waals surface area contributed by atoms with Crippen LogP contribution in [0.15, 0.2) is 36.5 Å². The van der Waals surface area contributed by atoms with Crippen LogP contribution in [0.4, 0.5) is 0 Å². The van der Waals surface area contributed by atoms with Gasteiger partial charge >= 0.3 is 0 Å². The number of halogens is 2. The minimum Gasteiger partial charge on any atom is -0.497 e. The summed E-state index contributed by atoms with van der Waals surface area (Å²) in [4.78, 5) is 4.39. The molecule has 0 bridgehead atoms. The van der Waals surface area contributed by atoms with Gasteiger partial charge in [0.1, 0.15) is 9.45 Å². The number of pyridine rings is 1. The van der Waals surface area contributed by atoms with E-state index in [0.29, 0.717) is 11.6 Å². The predicted octanol–water partition coefficient (Wildman–Crippen LogP) is 3.75. The van der Waals surface area contributed by atoms with Crippen LogP contribution in [0.25, 0.3) is 11.0 Å². The molecule has 0 aliphatic carbocycles. The SMILES string of the molecule is COc1ccc(Cn2nc(I)c3cccnc32)c(Cl)c1. The van der Waals surface area contributed by atoms with Gasteiger partial charge < -0.3 is 4.74 Å². The maximum atomic E-state index is 6.27. The summed E-state index contributed by atoms with van der Waals surface area (Å²) >= 11 is 8.49. The Kier molecular flexibility index (Phi) is 3.80. The molecule has 2 heterocycles. The number of rotatable bonds is 3. The Hall–Kier alpha value is -1.34. The Labute approximate surface area is 134 Å². The zero-order valence-corrected chi connectivity index (χ0v) is 13.6. The van der Waals surface area contributed by atoms with E-state index >= 15 is 0 Å². The molecule has 0 amide bonds. The number of benzene rings is 1. The fourth-order valence-electron chi connectivity index (χ4n) is 2.03. The molecule has 0 spiro atoms. The lowest BCUT2D eigenvalue weighted by atomic mass is 10.2. The molecule has 20 heavy (non-hydrogen) atoms. The lowest BCUT2D eigenvalue weighted by Crippen LogP contribution is -2.03. The summed E-state index contributed by atoms with van der Waals surface area (Å²) in [5.41, 5.74) is 1.85. The molecular weight excluding hydrogens is 389 g/mol. The second-order valence-electron chi connectivity index (χ2n) is 4.28. The molecule has 1 aromatic carbocycles. The average molecular weight is 400 g/mol. The van der Waals surface area contributed by atoms with Gasteiger partial charge in [-0.05, 0) is 52.4 Å². The average Bonchev–Trinajstić information content (AvgIpc) is 2.78. The first kappa shape index (κ1) is 13.6. The van der Waals surface area contributed by atoms with Gasteiger partial charge in [0.2, 0.25) is 0 Å². The second-order valence-corrected chi connectivity index (χ2v) is 5.71. The third-order valence-electron chi connectivity index (χ3n) is 3.04. The molecule has 0 fully saturated rings. The van der Waals surface area contributed by atoms with Crippen molar-refractivity contribution in [2.75, 3.05) is 7.11 Å². The predicted molar refractivity (Wildman–Crippen MR) is 87.4 cm³/mol. The monoisotopic (exact) mass is 399 g/mol. The van der Waals surface area contributed by atoms with Crippen molar-refractivity contribution in [2.24, 2.45) is 0 Å². The van der Waals surface area contributed by atoms with Crippen molar-refractivity contribution in [3.05, 3.63) is 50.8 Å². The molecule has 0 aliphatic heterocycles. The summed E-state index contributed by atoms with van der Waals surface area (Å²) in [6, 6.07) is 9.58. The van der Waals surface area contributed by atoms with Crippen LogP contribution >= 0.6 is 34.2 Å². The van der Waals surface area contributed by atoms with E-state index in [2.05, 4.69) is 32.7 Å². The van der Waals surface area contributed by atoms with E-state index in [1.165, 1.54) is 0 Å². The van der Waals surface area contributed by atoms with E-state index in [9.17, 15) is 0 Å². The highest BCUT2D eigenvalue weighted by Crippen LogP contribution is 2.25. The van der Waals surface area contributed by atoms with E-state index in [4.69, 9.17) is 16.3 Å². The van der Waals surface area contributed by atoms with Crippen LogP contribution in [-0.4, -0.2) is 21.9 Å². The largest absolute Gasteiger partial charge is 0.497 e. The van der Waals surface area contributed by atoms with Crippen LogP contribution in [0.5, 0.6) is 5.75 Å². The molecule has 2 aromatic heterocycles. The fourth-order valence-corrected chi connectivity index (χ4v) is 2.94. The van der Waals surface area contributed by atoms with Crippen molar-refractivity contribution in [2.45, 2.75) is 6.54 Å². The number of hydrogen-bond donors (Lipinski definition) is 0.